The molecule has 4 aromatic rings. The lowest BCUT2D eigenvalue weighted by atomic mass is 10.1. The number of imidazole rings is 1. The predicted octanol–water partition coefficient (Wildman–Crippen LogP) is 4.68. The van der Waals surface area contributed by atoms with Crippen molar-refractivity contribution in [1.82, 2.24) is 14.4 Å². The number of ether oxygens (including phenoxy) is 2. The zero-order valence-electron chi connectivity index (χ0n) is 15.5. The molecule has 0 aliphatic carbocycles. The molecular weight excluding hydrogens is 376 g/mol. The van der Waals surface area contributed by atoms with E-state index >= 15 is 0 Å². The first-order chi connectivity index (χ1) is 13.7. The third kappa shape index (κ3) is 3.46. The molecule has 2 aromatic heterocycles. The zero-order valence-corrected chi connectivity index (χ0v) is 16.3. The van der Waals surface area contributed by atoms with Crippen LogP contribution in [0.3, 0.4) is 0 Å². The maximum absolute atomic E-state index is 6.04. The second-order valence-corrected chi connectivity index (χ2v) is 6.59. The second-order valence-electron chi connectivity index (χ2n) is 6.15. The van der Waals surface area contributed by atoms with E-state index in [0.29, 0.717) is 11.6 Å². The van der Waals surface area contributed by atoms with Crippen LogP contribution in [0.4, 0.5) is 5.82 Å². The summed E-state index contributed by atoms with van der Waals surface area (Å²) in [5.41, 5.74) is 3.53. The molecule has 0 fully saturated rings. The minimum Gasteiger partial charge on any atom is -0.497 e. The van der Waals surface area contributed by atoms with Crippen molar-refractivity contribution in [3.05, 3.63) is 71.6 Å². The standard InChI is InChI=1S/C21H19ClN4O2/c1-27-17-7-8-18(28-2)15(11-17)12-24-21-20(14-3-5-16(22)6-4-14)25-19-13-23-9-10-26(19)21/h3-11,13,24H,12H2,1-2H3. The van der Waals surface area contributed by atoms with Gasteiger partial charge in [-0.3, -0.25) is 9.38 Å². The van der Waals surface area contributed by atoms with Crippen LogP contribution >= 0.6 is 11.6 Å². The van der Waals surface area contributed by atoms with E-state index in [1.54, 1.807) is 26.6 Å². The van der Waals surface area contributed by atoms with Gasteiger partial charge in [0.1, 0.15) is 23.0 Å². The average Bonchev–Trinajstić information content (AvgIpc) is 3.11. The van der Waals surface area contributed by atoms with Crippen molar-refractivity contribution in [1.29, 1.82) is 0 Å². The maximum atomic E-state index is 6.04. The Bertz CT molecular complexity index is 1110. The molecule has 4 rings (SSSR count). The Kier molecular flexibility index (Phi) is 5.04. The largest absolute Gasteiger partial charge is 0.497 e. The lowest BCUT2D eigenvalue weighted by molar-refractivity contribution is 0.399. The highest BCUT2D eigenvalue weighted by molar-refractivity contribution is 6.30. The van der Waals surface area contributed by atoms with E-state index in [-0.39, 0.29) is 0 Å². The van der Waals surface area contributed by atoms with Crippen LogP contribution in [0.5, 0.6) is 11.5 Å². The number of methoxy groups -OCH3 is 2. The third-order valence-corrected chi connectivity index (χ3v) is 4.73. The van der Waals surface area contributed by atoms with Crippen molar-refractivity contribution >= 4 is 23.1 Å². The molecule has 0 saturated heterocycles. The molecule has 28 heavy (non-hydrogen) atoms. The fraction of sp³-hybridized carbons (Fsp3) is 0.143. The van der Waals surface area contributed by atoms with Crippen LogP contribution in [-0.4, -0.2) is 28.6 Å². The van der Waals surface area contributed by atoms with E-state index in [0.717, 1.165) is 39.8 Å². The number of benzene rings is 2. The van der Waals surface area contributed by atoms with Crippen molar-refractivity contribution in [3.63, 3.8) is 0 Å². The Hall–Kier alpha value is -3.25. The number of hydrogen-bond acceptors (Lipinski definition) is 5. The van der Waals surface area contributed by atoms with E-state index in [2.05, 4.69) is 10.3 Å². The van der Waals surface area contributed by atoms with E-state index in [1.165, 1.54) is 0 Å². The van der Waals surface area contributed by atoms with E-state index in [4.69, 9.17) is 26.1 Å². The molecule has 0 saturated carbocycles. The molecule has 0 bridgehead atoms. The summed E-state index contributed by atoms with van der Waals surface area (Å²) in [5, 5.41) is 4.18. The van der Waals surface area contributed by atoms with Crippen molar-refractivity contribution in [2.75, 3.05) is 19.5 Å². The van der Waals surface area contributed by atoms with E-state index in [1.807, 2.05) is 53.1 Å². The lowest BCUT2D eigenvalue weighted by Crippen LogP contribution is -2.05. The molecule has 7 heteroatoms. The maximum Gasteiger partial charge on any atom is 0.157 e. The zero-order chi connectivity index (χ0) is 19.5. The van der Waals surface area contributed by atoms with Crippen molar-refractivity contribution in [2.24, 2.45) is 0 Å². The van der Waals surface area contributed by atoms with Gasteiger partial charge >= 0.3 is 0 Å². The summed E-state index contributed by atoms with van der Waals surface area (Å²) in [4.78, 5) is 8.91. The normalized spacial score (nSPS) is 10.8. The molecule has 142 valence electrons. The Morgan fingerprint density at radius 3 is 2.64 bits per heavy atom. The van der Waals surface area contributed by atoms with Crippen LogP contribution < -0.4 is 14.8 Å². The highest BCUT2D eigenvalue weighted by Crippen LogP contribution is 2.31. The molecule has 2 heterocycles. The molecule has 0 aliphatic rings. The quantitative estimate of drug-likeness (QED) is 0.514. The summed E-state index contributed by atoms with van der Waals surface area (Å²) in [6.07, 6.45) is 5.35. The van der Waals surface area contributed by atoms with Gasteiger partial charge in [0.25, 0.3) is 0 Å². The highest BCUT2D eigenvalue weighted by atomic mass is 35.5. The first-order valence-electron chi connectivity index (χ1n) is 8.72. The smallest absolute Gasteiger partial charge is 0.157 e. The van der Waals surface area contributed by atoms with Crippen LogP contribution in [0.2, 0.25) is 5.02 Å². The monoisotopic (exact) mass is 394 g/mol. The number of halogens is 1. The number of nitrogens with zero attached hydrogens (tertiary/aromatic N) is 3. The summed E-state index contributed by atoms with van der Waals surface area (Å²) < 4.78 is 12.8. The first-order valence-corrected chi connectivity index (χ1v) is 9.10. The van der Waals surface area contributed by atoms with Gasteiger partial charge in [0, 0.05) is 35.1 Å². The molecule has 6 nitrogen and oxygen atoms in total. The van der Waals surface area contributed by atoms with Gasteiger partial charge in [-0.05, 0) is 30.3 Å². The van der Waals surface area contributed by atoms with Gasteiger partial charge in [-0.25, -0.2) is 4.98 Å². The number of anilines is 1. The van der Waals surface area contributed by atoms with Gasteiger partial charge in [0.05, 0.1) is 20.4 Å². The number of rotatable bonds is 6. The van der Waals surface area contributed by atoms with Gasteiger partial charge in [-0.15, -0.1) is 0 Å². The van der Waals surface area contributed by atoms with Crippen molar-refractivity contribution < 1.29 is 9.47 Å². The van der Waals surface area contributed by atoms with Crippen LogP contribution in [-0.2, 0) is 6.54 Å². The molecule has 0 unspecified atom stereocenters. The summed E-state index contributed by atoms with van der Waals surface area (Å²) in [6.45, 7) is 0.539. The minimum absolute atomic E-state index is 0.539. The highest BCUT2D eigenvalue weighted by Gasteiger charge is 2.15. The van der Waals surface area contributed by atoms with Gasteiger partial charge in [0.15, 0.2) is 5.65 Å². The molecule has 0 spiro atoms. The van der Waals surface area contributed by atoms with Gasteiger partial charge in [-0.1, -0.05) is 23.7 Å². The van der Waals surface area contributed by atoms with Crippen molar-refractivity contribution in [3.8, 4) is 22.8 Å². The van der Waals surface area contributed by atoms with Gasteiger partial charge in [-0.2, -0.15) is 0 Å². The third-order valence-electron chi connectivity index (χ3n) is 4.48. The summed E-state index contributed by atoms with van der Waals surface area (Å²) >= 11 is 6.04. The lowest BCUT2D eigenvalue weighted by Gasteiger charge is -2.13. The van der Waals surface area contributed by atoms with Crippen LogP contribution in [0.25, 0.3) is 16.9 Å². The minimum atomic E-state index is 0.539. The topological polar surface area (TPSA) is 60.7 Å². The molecule has 2 aromatic carbocycles. The summed E-state index contributed by atoms with van der Waals surface area (Å²) in [5.74, 6) is 2.43. The van der Waals surface area contributed by atoms with E-state index in [9.17, 15) is 0 Å². The number of fused-ring (bicyclic) bond motifs is 1. The van der Waals surface area contributed by atoms with Crippen LogP contribution in [0, 0.1) is 0 Å². The molecule has 0 aliphatic heterocycles. The molecule has 0 radical (unpaired) electrons. The van der Waals surface area contributed by atoms with Crippen LogP contribution in [0.15, 0.2) is 61.1 Å². The Labute approximate surface area is 167 Å². The number of hydrogen-bond donors (Lipinski definition) is 1. The SMILES string of the molecule is COc1ccc(OC)c(CNc2c(-c3ccc(Cl)cc3)nc3cnccn23)c1. The first kappa shape index (κ1) is 18.1. The molecular formula is C21H19ClN4O2. The molecule has 0 amide bonds. The molecule has 0 atom stereocenters. The average molecular weight is 395 g/mol. The van der Waals surface area contributed by atoms with E-state index < -0.39 is 0 Å². The molecule has 1 N–H and O–H groups in total. The Morgan fingerprint density at radius 1 is 1.07 bits per heavy atom. The van der Waals surface area contributed by atoms with Gasteiger partial charge < -0.3 is 14.8 Å². The fourth-order valence-corrected chi connectivity index (χ4v) is 3.21. The van der Waals surface area contributed by atoms with Gasteiger partial charge in [0.2, 0.25) is 0 Å². The Balaban J connectivity index is 1.74. The fourth-order valence-electron chi connectivity index (χ4n) is 3.08. The van der Waals surface area contributed by atoms with Crippen molar-refractivity contribution in [2.45, 2.75) is 6.54 Å². The number of aromatic nitrogens is 3. The number of nitrogens with one attached hydrogen (secondary N) is 1. The predicted molar refractivity (Wildman–Crippen MR) is 110 cm³/mol. The summed E-state index contributed by atoms with van der Waals surface area (Å²) in [7, 11) is 3.31. The summed E-state index contributed by atoms with van der Waals surface area (Å²) in [6, 6.07) is 13.3. The Morgan fingerprint density at radius 2 is 1.89 bits per heavy atom. The second kappa shape index (κ2) is 7.78. The van der Waals surface area contributed by atoms with Crippen LogP contribution in [0.1, 0.15) is 5.56 Å².